The SMILES string of the molecule is COc1cc(OC)c(OC)cc1CNC(=O)c1cc(C)oc1C. The van der Waals surface area contributed by atoms with Crippen molar-refractivity contribution in [2.45, 2.75) is 20.4 Å². The van der Waals surface area contributed by atoms with E-state index in [4.69, 9.17) is 18.6 Å². The van der Waals surface area contributed by atoms with Gasteiger partial charge in [0.2, 0.25) is 0 Å². The van der Waals surface area contributed by atoms with E-state index in [0.717, 1.165) is 5.56 Å². The lowest BCUT2D eigenvalue weighted by Crippen LogP contribution is -2.23. The summed E-state index contributed by atoms with van der Waals surface area (Å²) in [6.07, 6.45) is 0. The summed E-state index contributed by atoms with van der Waals surface area (Å²) in [4.78, 5) is 12.3. The van der Waals surface area contributed by atoms with Crippen molar-refractivity contribution in [2.75, 3.05) is 21.3 Å². The van der Waals surface area contributed by atoms with E-state index in [1.807, 2.05) is 0 Å². The van der Waals surface area contributed by atoms with Gasteiger partial charge in [0.1, 0.15) is 17.3 Å². The predicted octanol–water partition coefficient (Wildman–Crippen LogP) is 2.85. The van der Waals surface area contributed by atoms with Gasteiger partial charge in [-0.25, -0.2) is 0 Å². The second kappa shape index (κ2) is 7.09. The summed E-state index contributed by atoms with van der Waals surface area (Å²) >= 11 is 0. The molecule has 0 saturated heterocycles. The predicted molar refractivity (Wildman–Crippen MR) is 85.5 cm³/mol. The average Bonchev–Trinajstić information content (AvgIpc) is 2.90. The highest BCUT2D eigenvalue weighted by atomic mass is 16.5. The number of methoxy groups -OCH3 is 3. The van der Waals surface area contributed by atoms with Crippen LogP contribution in [0, 0.1) is 13.8 Å². The zero-order valence-corrected chi connectivity index (χ0v) is 14.0. The first-order valence-corrected chi connectivity index (χ1v) is 7.14. The topological polar surface area (TPSA) is 69.9 Å². The zero-order valence-electron chi connectivity index (χ0n) is 14.0. The molecule has 0 fully saturated rings. The third-order valence-electron chi connectivity index (χ3n) is 3.51. The minimum Gasteiger partial charge on any atom is -0.496 e. The van der Waals surface area contributed by atoms with Gasteiger partial charge in [0, 0.05) is 18.2 Å². The minimum absolute atomic E-state index is 0.198. The molecule has 0 unspecified atom stereocenters. The van der Waals surface area contributed by atoms with Gasteiger partial charge in [-0.3, -0.25) is 4.79 Å². The largest absolute Gasteiger partial charge is 0.496 e. The number of aryl methyl sites for hydroxylation is 2. The number of hydrogen-bond donors (Lipinski definition) is 1. The molecule has 6 nitrogen and oxygen atoms in total. The molecule has 0 aliphatic heterocycles. The van der Waals surface area contributed by atoms with Crippen LogP contribution in [0.3, 0.4) is 0 Å². The standard InChI is InChI=1S/C17H21NO5/c1-10-6-13(11(2)23-10)17(19)18-9-12-7-15(21-4)16(22-5)8-14(12)20-3/h6-8H,9H2,1-5H3,(H,18,19). The van der Waals surface area contributed by atoms with E-state index in [0.29, 0.717) is 40.9 Å². The molecule has 2 rings (SSSR count). The molecule has 1 amide bonds. The van der Waals surface area contributed by atoms with Crippen LogP contribution >= 0.6 is 0 Å². The van der Waals surface area contributed by atoms with Gasteiger partial charge in [-0.1, -0.05) is 0 Å². The molecule has 1 N–H and O–H groups in total. The van der Waals surface area contributed by atoms with Crippen LogP contribution in [0.15, 0.2) is 22.6 Å². The second-order valence-electron chi connectivity index (χ2n) is 5.03. The molecule has 0 saturated carbocycles. The molecule has 0 aliphatic carbocycles. The summed E-state index contributed by atoms with van der Waals surface area (Å²) in [5.41, 5.74) is 1.32. The van der Waals surface area contributed by atoms with Crippen LogP contribution in [0.4, 0.5) is 0 Å². The summed E-state index contributed by atoms with van der Waals surface area (Å²) < 4.78 is 21.2. The number of furan rings is 1. The molecule has 0 spiro atoms. The highest BCUT2D eigenvalue weighted by Gasteiger charge is 2.16. The van der Waals surface area contributed by atoms with Crippen molar-refractivity contribution in [1.29, 1.82) is 0 Å². The smallest absolute Gasteiger partial charge is 0.255 e. The van der Waals surface area contributed by atoms with Crippen molar-refractivity contribution >= 4 is 5.91 Å². The van der Waals surface area contributed by atoms with Crippen LogP contribution in [0.25, 0.3) is 0 Å². The van der Waals surface area contributed by atoms with Crippen LogP contribution in [0.2, 0.25) is 0 Å². The van der Waals surface area contributed by atoms with Gasteiger partial charge in [-0.2, -0.15) is 0 Å². The first-order valence-electron chi connectivity index (χ1n) is 7.14. The van der Waals surface area contributed by atoms with Gasteiger partial charge in [-0.15, -0.1) is 0 Å². The van der Waals surface area contributed by atoms with Gasteiger partial charge < -0.3 is 23.9 Å². The number of nitrogens with one attached hydrogen (secondary N) is 1. The van der Waals surface area contributed by atoms with Gasteiger partial charge in [0.15, 0.2) is 11.5 Å². The van der Waals surface area contributed by atoms with Crippen molar-refractivity contribution in [2.24, 2.45) is 0 Å². The zero-order chi connectivity index (χ0) is 17.0. The number of ether oxygens (including phenoxy) is 3. The maximum atomic E-state index is 12.3. The quantitative estimate of drug-likeness (QED) is 0.886. The van der Waals surface area contributed by atoms with E-state index < -0.39 is 0 Å². The molecule has 1 aromatic carbocycles. The molecule has 0 aliphatic rings. The van der Waals surface area contributed by atoms with E-state index in [2.05, 4.69) is 5.32 Å². The first-order chi connectivity index (χ1) is 11.0. The Balaban J connectivity index is 2.19. The van der Waals surface area contributed by atoms with Gasteiger partial charge in [-0.05, 0) is 26.0 Å². The van der Waals surface area contributed by atoms with E-state index in [9.17, 15) is 4.79 Å². The molecule has 1 heterocycles. The Morgan fingerprint density at radius 1 is 1.00 bits per heavy atom. The molecule has 124 valence electrons. The Kier molecular flexibility index (Phi) is 5.16. The maximum absolute atomic E-state index is 12.3. The summed E-state index contributed by atoms with van der Waals surface area (Å²) in [5.74, 6) is 2.86. The third kappa shape index (κ3) is 3.59. The van der Waals surface area contributed by atoms with E-state index in [-0.39, 0.29) is 5.91 Å². The fraction of sp³-hybridized carbons (Fsp3) is 0.353. The Labute approximate surface area is 135 Å². The molecule has 23 heavy (non-hydrogen) atoms. The van der Waals surface area contributed by atoms with Crippen molar-refractivity contribution in [3.05, 3.63) is 40.8 Å². The Bertz CT molecular complexity index is 705. The number of carbonyl (C=O) groups excluding carboxylic acids is 1. The summed E-state index contributed by atoms with van der Waals surface area (Å²) in [7, 11) is 4.68. The van der Waals surface area contributed by atoms with Gasteiger partial charge >= 0.3 is 0 Å². The molecule has 6 heteroatoms. The lowest BCUT2D eigenvalue weighted by molar-refractivity contribution is 0.0949. The lowest BCUT2D eigenvalue weighted by Gasteiger charge is -2.14. The maximum Gasteiger partial charge on any atom is 0.255 e. The number of hydrogen-bond acceptors (Lipinski definition) is 5. The minimum atomic E-state index is -0.198. The monoisotopic (exact) mass is 319 g/mol. The van der Waals surface area contributed by atoms with Gasteiger partial charge in [0.25, 0.3) is 5.91 Å². The average molecular weight is 319 g/mol. The van der Waals surface area contributed by atoms with Crippen molar-refractivity contribution in [3.8, 4) is 17.2 Å². The van der Waals surface area contributed by atoms with Crippen LogP contribution in [0.5, 0.6) is 17.2 Å². The number of carbonyl (C=O) groups is 1. The number of benzene rings is 1. The summed E-state index contributed by atoms with van der Waals surface area (Å²) in [5, 5.41) is 2.86. The summed E-state index contributed by atoms with van der Waals surface area (Å²) in [6.45, 7) is 3.87. The normalized spacial score (nSPS) is 10.3. The highest BCUT2D eigenvalue weighted by molar-refractivity contribution is 5.95. The molecule has 0 atom stereocenters. The molecule has 0 bridgehead atoms. The number of rotatable bonds is 6. The van der Waals surface area contributed by atoms with E-state index in [1.165, 1.54) is 0 Å². The van der Waals surface area contributed by atoms with E-state index >= 15 is 0 Å². The fourth-order valence-electron chi connectivity index (χ4n) is 2.36. The van der Waals surface area contributed by atoms with Crippen LogP contribution < -0.4 is 19.5 Å². The Morgan fingerprint density at radius 2 is 1.61 bits per heavy atom. The fourth-order valence-corrected chi connectivity index (χ4v) is 2.36. The molecule has 0 radical (unpaired) electrons. The van der Waals surface area contributed by atoms with Gasteiger partial charge in [0.05, 0.1) is 26.9 Å². The van der Waals surface area contributed by atoms with Crippen LogP contribution in [-0.4, -0.2) is 27.2 Å². The van der Waals surface area contributed by atoms with Crippen LogP contribution in [0.1, 0.15) is 27.4 Å². The van der Waals surface area contributed by atoms with Crippen molar-refractivity contribution in [3.63, 3.8) is 0 Å². The van der Waals surface area contributed by atoms with E-state index in [1.54, 1.807) is 53.4 Å². The summed E-state index contributed by atoms with van der Waals surface area (Å²) in [6, 6.07) is 5.23. The molecular formula is C17H21NO5. The Hall–Kier alpha value is -2.63. The van der Waals surface area contributed by atoms with Crippen molar-refractivity contribution in [1.82, 2.24) is 5.32 Å². The van der Waals surface area contributed by atoms with Crippen molar-refractivity contribution < 1.29 is 23.4 Å². The molecule has 2 aromatic rings. The lowest BCUT2D eigenvalue weighted by atomic mass is 10.1. The molecule has 1 aromatic heterocycles. The van der Waals surface area contributed by atoms with Crippen LogP contribution in [-0.2, 0) is 6.54 Å². The third-order valence-corrected chi connectivity index (χ3v) is 3.51. The highest BCUT2D eigenvalue weighted by Crippen LogP contribution is 2.34. The molecular weight excluding hydrogens is 298 g/mol. The number of amides is 1. The second-order valence-corrected chi connectivity index (χ2v) is 5.03. The Morgan fingerprint density at radius 3 is 2.13 bits per heavy atom. The first kappa shape index (κ1) is 16.7.